The fourth-order valence-corrected chi connectivity index (χ4v) is 4.44. The second-order valence-corrected chi connectivity index (χ2v) is 8.53. The van der Waals surface area contributed by atoms with Gasteiger partial charge in [-0.05, 0) is 56.1 Å². The van der Waals surface area contributed by atoms with Crippen molar-refractivity contribution in [1.82, 2.24) is 15.1 Å². The lowest BCUT2D eigenvalue weighted by Gasteiger charge is -2.28. The molecule has 2 atom stereocenters. The fraction of sp³-hybridized carbons (Fsp3) is 0.455. The fourth-order valence-electron chi connectivity index (χ4n) is 3.74. The Kier molecular flexibility index (Phi) is 7.28. The molecule has 1 fully saturated rings. The van der Waals surface area contributed by atoms with E-state index in [2.05, 4.69) is 10.2 Å². The van der Waals surface area contributed by atoms with Crippen LogP contribution in [0.4, 0.5) is 0 Å². The lowest BCUT2D eigenvalue weighted by Crippen LogP contribution is -2.48. The molecule has 0 saturated carbocycles. The van der Waals surface area contributed by atoms with Crippen molar-refractivity contribution < 1.29 is 14.3 Å². The van der Waals surface area contributed by atoms with Crippen LogP contribution in [0.1, 0.15) is 29.3 Å². The number of likely N-dealkylation sites (tertiary alicyclic amines) is 1. The highest BCUT2D eigenvalue weighted by Gasteiger charge is 2.34. The van der Waals surface area contributed by atoms with Gasteiger partial charge in [0, 0.05) is 18.0 Å². The van der Waals surface area contributed by atoms with Gasteiger partial charge in [-0.15, -0.1) is 11.3 Å². The van der Waals surface area contributed by atoms with E-state index in [1.807, 2.05) is 55.9 Å². The van der Waals surface area contributed by atoms with Gasteiger partial charge in [0.05, 0.1) is 19.6 Å². The van der Waals surface area contributed by atoms with Crippen molar-refractivity contribution in [2.75, 3.05) is 34.3 Å². The van der Waals surface area contributed by atoms with Crippen molar-refractivity contribution in [2.45, 2.75) is 31.3 Å². The van der Waals surface area contributed by atoms with E-state index in [0.29, 0.717) is 19.5 Å². The van der Waals surface area contributed by atoms with Crippen molar-refractivity contribution in [3.05, 3.63) is 52.2 Å². The second-order valence-electron chi connectivity index (χ2n) is 7.50. The molecule has 0 spiro atoms. The minimum atomic E-state index is -0.374. The Hall–Kier alpha value is -2.38. The molecule has 3 rings (SSSR count). The number of benzene rings is 1. The van der Waals surface area contributed by atoms with E-state index in [9.17, 15) is 9.59 Å². The minimum absolute atomic E-state index is 0.0319. The number of nitrogens with zero attached hydrogens (tertiary/aromatic N) is 2. The summed E-state index contributed by atoms with van der Waals surface area (Å²) >= 11 is 1.57. The zero-order valence-electron chi connectivity index (χ0n) is 17.3. The number of likely N-dealkylation sites (N-methyl/N-ethyl adjacent to an activating group) is 1. The molecule has 1 aromatic heterocycles. The number of hydrogen-bond acceptors (Lipinski definition) is 5. The Morgan fingerprint density at radius 1 is 1.28 bits per heavy atom. The van der Waals surface area contributed by atoms with Crippen molar-refractivity contribution >= 4 is 23.2 Å². The Labute approximate surface area is 176 Å². The van der Waals surface area contributed by atoms with Gasteiger partial charge in [-0.1, -0.05) is 18.2 Å². The van der Waals surface area contributed by atoms with Gasteiger partial charge in [0.15, 0.2) is 0 Å². The molecule has 2 unspecified atom stereocenters. The molecule has 1 aliphatic rings. The number of carbonyl (C=O) groups excluding carboxylic acids is 2. The third-order valence-electron chi connectivity index (χ3n) is 5.37. The molecule has 1 N–H and O–H groups in total. The summed E-state index contributed by atoms with van der Waals surface area (Å²) in [5, 5.41) is 5.04. The van der Waals surface area contributed by atoms with E-state index in [1.54, 1.807) is 23.3 Å². The number of thiophene rings is 1. The summed E-state index contributed by atoms with van der Waals surface area (Å²) in [4.78, 5) is 30.4. The predicted molar refractivity (Wildman–Crippen MR) is 115 cm³/mol. The molecular formula is C22H29N3O3S. The number of methoxy groups -OCH3 is 1. The minimum Gasteiger partial charge on any atom is -0.497 e. The third-order valence-corrected chi connectivity index (χ3v) is 6.25. The maximum atomic E-state index is 12.9. The average Bonchev–Trinajstić information content (AvgIpc) is 3.40. The zero-order chi connectivity index (χ0) is 20.8. The standard InChI is InChI=1S/C22H29N3O3S/c1-24(2)20(16-8-10-17(28-3)11-9-16)15-23-22(27)19-7-4-12-25(19)21(26)14-18-6-5-13-29-18/h5-6,8-11,13,19-20H,4,7,12,14-15H2,1-3H3,(H,23,27). The van der Waals surface area contributed by atoms with Crippen molar-refractivity contribution in [1.29, 1.82) is 0 Å². The van der Waals surface area contributed by atoms with Gasteiger partial charge in [-0.3, -0.25) is 9.59 Å². The molecule has 0 aliphatic carbocycles. The first-order chi connectivity index (χ1) is 14.0. The summed E-state index contributed by atoms with van der Waals surface area (Å²) < 4.78 is 5.23. The summed E-state index contributed by atoms with van der Waals surface area (Å²) in [6.07, 6.45) is 1.95. The van der Waals surface area contributed by atoms with Gasteiger partial charge in [0.25, 0.3) is 0 Å². The van der Waals surface area contributed by atoms with Gasteiger partial charge in [-0.2, -0.15) is 0 Å². The number of rotatable bonds is 8. The van der Waals surface area contributed by atoms with Crippen LogP contribution in [0.5, 0.6) is 5.75 Å². The molecule has 2 heterocycles. The Balaban J connectivity index is 1.60. The lowest BCUT2D eigenvalue weighted by atomic mass is 10.1. The highest BCUT2D eigenvalue weighted by Crippen LogP contribution is 2.23. The molecule has 2 aromatic rings. The molecule has 2 amide bonds. The van der Waals surface area contributed by atoms with Gasteiger partial charge in [0.2, 0.25) is 11.8 Å². The van der Waals surface area contributed by atoms with Crippen LogP contribution in [0.25, 0.3) is 0 Å². The average molecular weight is 416 g/mol. The summed E-state index contributed by atoms with van der Waals surface area (Å²) in [5.74, 6) is 0.771. The Morgan fingerprint density at radius 2 is 2.03 bits per heavy atom. The van der Waals surface area contributed by atoms with Crippen molar-refractivity contribution in [2.24, 2.45) is 0 Å². The smallest absolute Gasteiger partial charge is 0.242 e. The number of amides is 2. The van der Waals surface area contributed by atoms with E-state index in [4.69, 9.17) is 4.74 Å². The molecule has 29 heavy (non-hydrogen) atoms. The highest BCUT2D eigenvalue weighted by molar-refractivity contribution is 7.10. The van der Waals surface area contributed by atoms with Gasteiger partial charge >= 0.3 is 0 Å². The molecule has 1 aliphatic heterocycles. The first-order valence-electron chi connectivity index (χ1n) is 9.89. The largest absolute Gasteiger partial charge is 0.497 e. The van der Waals surface area contributed by atoms with Gasteiger partial charge in [-0.25, -0.2) is 0 Å². The second kappa shape index (κ2) is 9.89. The molecule has 6 nitrogen and oxygen atoms in total. The molecule has 1 aromatic carbocycles. The number of carbonyl (C=O) groups is 2. The molecule has 0 bridgehead atoms. The number of hydrogen-bond donors (Lipinski definition) is 1. The highest BCUT2D eigenvalue weighted by atomic mass is 32.1. The van der Waals surface area contributed by atoms with Crippen LogP contribution in [-0.4, -0.2) is 62.0 Å². The third kappa shape index (κ3) is 5.36. The van der Waals surface area contributed by atoms with Crippen molar-refractivity contribution in [3.8, 4) is 5.75 Å². The zero-order valence-corrected chi connectivity index (χ0v) is 18.1. The quantitative estimate of drug-likeness (QED) is 0.720. The first kappa shape index (κ1) is 21.3. The normalized spacial score (nSPS) is 17.4. The van der Waals surface area contributed by atoms with E-state index < -0.39 is 0 Å². The molecule has 0 radical (unpaired) electrons. The lowest BCUT2D eigenvalue weighted by molar-refractivity contribution is -0.138. The summed E-state index contributed by atoms with van der Waals surface area (Å²) in [5.41, 5.74) is 1.10. The number of ether oxygens (including phenoxy) is 1. The van der Waals surface area contributed by atoms with Crippen LogP contribution in [0, 0.1) is 0 Å². The van der Waals surface area contributed by atoms with Crippen LogP contribution < -0.4 is 10.1 Å². The van der Waals surface area contributed by atoms with Crippen LogP contribution in [0.3, 0.4) is 0 Å². The topological polar surface area (TPSA) is 61.9 Å². The first-order valence-corrected chi connectivity index (χ1v) is 10.8. The maximum Gasteiger partial charge on any atom is 0.242 e. The molecule has 156 valence electrons. The number of nitrogens with one attached hydrogen (secondary N) is 1. The summed E-state index contributed by atoms with van der Waals surface area (Å²) in [6.45, 7) is 1.14. The van der Waals surface area contributed by atoms with Crippen LogP contribution in [0.2, 0.25) is 0 Å². The Bertz CT molecular complexity index is 805. The molecule has 1 saturated heterocycles. The van der Waals surface area contributed by atoms with Crippen LogP contribution >= 0.6 is 11.3 Å². The summed E-state index contributed by atoms with van der Waals surface area (Å²) in [6, 6.07) is 11.5. The van der Waals surface area contributed by atoms with Gasteiger partial charge < -0.3 is 19.9 Å². The van der Waals surface area contributed by atoms with Gasteiger partial charge in [0.1, 0.15) is 11.8 Å². The SMILES string of the molecule is COc1ccc(C(CNC(=O)C2CCCN2C(=O)Cc2cccs2)N(C)C)cc1. The predicted octanol–water partition coefficient (Wildman–Crippen LogP) is 2.71. The molecule has 7 heteroatoms. The van der Waals surface area contributed by atoms with Crippen LogP contribution in [-0.2, 0) is 16.0 Å². The van der Waals surface area contributed by atoms with E-state index in [-0.39, 0.29) is 23.9 Å². The van der Waals surface area contributed by atoms with E-state index in [0.717, 1.165) is 29.0 Å². The van der Waals surface area contributed by atoms with Crippen LogP contribution in [0.15, 0.2) is 41.8 Å². The van der Waals surface area contributed by atoms with E-state index >= 15 is 0 Å². The van der Waals surface area contributed by atoms with Crippen molar-refractivity contribution in [3.63, 3.8) is 0 Å². The Morgan fingerprint density at radius 3 is 2.66 bits per heavy atom. The van der Waals surface area contributed by atoms with E-state index in [1.165, 1.54) is 0 Å². The molecular weight excluding hydrogens is 386 g/mol. The maximum absolute atomic E-state index is 12.9. The summed E-state index contributed by atoms with van der Waals surface area (Å²) in [7, 11) is 5.63. The monoisotopic (exact) mass is 415 g/mol.